The number of amides is 2. The number of urea groups is 1. The zero-order chi connectivity index (χ0) is 21.3. The Morgan fingerprint density at radius 3 is 2.57 bits per heavy atom. The maximum absolute atomic E-state index is 15.3. The highest BCUT2D eigenvalue weighted by Gasteiger charge is 2.47. The number of carbonyl (C=O) groups is 1. The third-order valence-corrected chi connectivity index (χ3v) is 7.89. The quantitative estimate of drug-likeness (QED) is 0.625. The van der Waals surface area contributed by atoms with E-state index in [9.17, 15) is 4.79 Å². The lowest BCUT2D eigenvalue weighted by Crippen LogP contribution is -2.59. The first-order valence-electron chi connectivity index (χ1n) is 11.0. The second-order valence-corrected chi connectivity index (χ2v) is 9.80. The van der Waals surface area contributed by atoms with Gasteiger partial charge in [-0.2, -0.15) is 0 Å². The summed E-state index contributed by atoms with van der Waals surface area (Å²) in [5.74, 6) is 0.0751. The highest BCUT2D eigenvalue weighted by atomic mass is 35.5. The van der Waals surface area contributed by atoms with Crippen LogP contribution in [0.15, 0.2) is 18.2 Å². The molecule has 0 bridgehead atoms. The van der Waals surface area contributed by atoms with E-state index in [0.29, 0.717) is 22.9 Å². The Bertz CT molecular complexity index is 772. The van der Waals surface area contributed by atoms with E-state index in [4.69, 9.17) is 23.2 Å². The van der Waals surface area contributed by atoms with Crippen LogP contribution in [-0.4, -0.2) is 55.4 Å². The molecule has 4 rings (SSSR count). The molecule has 4 atom stereocenters. The SMILES string of the molecule is CC(c1cccc(Cl)c1Cl)(C1CCC(NC(=O)NC2CC2)C(F)C1)N1CCNCC1. The van der Waals surface area contributed by atoms with Crippen LogP contribution in [0.4, 0.5) is 9.18 Å². The lowest BCUT2D eigenvalue weighted by atomic mass is 9.69. The lowest BCUT2D eigenvalue weighted by molar-refractivity contribution is -0.00531. The van der Waals surface area contributed by atoms with Gasteiger partial charge in [0.25, 0.3) is 0 Å². The fourth-order valence-electron chi connectivity index (χ4n) is 5.08. The van der Waals surface area contributed by atoms with Crippen LogP contribution in [0.5, 0.6) is 0 Å². The third-order valence-electron chi connectivity index (χ3n) is 7.07. The van der Waals surface area contributed by atoms with E-state index in [2.05, 4.69) is 27.8 Å². The first-order chi connectivity index (χ1) is 14.4. The molecule has 1 saturated heterocycles. The van der Waals surface area contributed by atoms with Crippen molar-refractivity contribution in [2.45, 2.75) is 62.8 Å². The zero-order valence-corrected chi connectivity index (χ0v) is 18.9. The summed E-state index contributed by atoms with van der Waals surface area (Å²) in [5, 5.41) is 10.2. The van der Waals surface area contributed by atoms with Gasteiger partial charge < -0.3 is 16.0 Å². The summed E-state index contributed by atoms with van der Waals surface area (Å²) < 4.78 is 15.3. The zero-order valence-electron chi connectivity index (χ0n) is 17.4. The molecule has 1 aromatic rings. The van der Waals surface area contributed by atoms with E-state index < -0.39 is 17.8 Å². The van der Waals surface area contributed by atoms with Gasteiger partial charge in [-0.3, -0.25) is 4.90 Å². The molecule has 5 nitrogen and oxygen atoms in total. The number of piperazine rings is 1. The van der Waals surface area contributed by atoms with Gasteiger partial charge in [0, 0.05) is 37.8 Å². The minimum atomic E-state index is -1.09. The Hall–Kier alpha value is -1.08. The van der Waals surface area contributed by atoms with Crippen molar-refractivity contribution in [2.75, 3.05) is 26.2 Å². The fraction of sp³-hybridized carbons (Fsp3) is 0.682. The Balaban J connectivity index is 1.54. The van der Waals surface area contributed by atoms with Gasteiger partial charge in [-0.25, -0.2) is 9.18 Å². The van der Waals surface area contributed by atoms with E-state index in [0.717, 1.165) is 51.0 Å². The van der Waals surface area contributed by atoms with E-state index in [1.165, 1.54) is 0 Å². The maximum Gasteiger partial charge on any atom is 0.315 e. The molecule has 2 saturated carbocycles. The molecule has 2 aliphatic carbocycles. The molecule has 3 aliphatic rings. The number of nitrogens with one attached hydrogen (secondary N) is 3. The molecule has 0 aromatic heterocycles. The number of carbonyl (C=O) groups excluding carboxylic acids is 1. The summed E-state index contributed by atoms with van der Waals surface area (Å²) >= 11 is 13.0. The summed E-state index contributed by atoms with van der Waals surface area (Å²) in [6.07, 6.45) is 2.76. The number of halogens is 3. The van der Waals surface area contributed by atoms with Crippen LogP contribution >= 0.6 is 23.2 Å². The number of nitrogens with zero attached hydrogens (tertiary/aromatic N) is 1. The molecule has 0 spiro atoms. The average Bonchev–Trinajstić information content (AvgIpc) is 3.55. The van der Waals surface area contributed by atoms with E-state index >= 15 is 4.39 Å². The minimum Gasteiger partial charge on any atom is -0.335 e. The molecule has 8 heteroatoms. The van der Waals surface area contributed by atoms with Gasteiger partial charge >= 0.3 is 6.03 Å². The first kappa shape index (κ1) is 22.1. The summed E-state index contributed by atoms with van der Waals surface area (Å²) in [7, 11) is 0. The Morgan fingerprint density at radius 1 is 1.17 bits per heavy atom. The molecular formula is C22H31Cl2FN4O. The standard InChI is InChI=1S/C22H31Cl2FN4O/c1-22(29-11-9-26-10-12-29,16-3-2-4-17(23)20(16)24)14-5-8-19(18(25)13-14)28-21(30)27-15-6-7-15/h2-4,14-15,18-19,26H,5-13H2,1H3,(H2,27,28,30). The van der Waals surface area contributed by atoms with Crippen molar-refractivity contribution >= 4 is 29.2 Å². The van der Waals surface area contributed by atoms with Crippen molar-refractivity contribution in [3.63, 3.8) is 0 Å². The highest BCUT2D eigenvalue weighted by Crippen LogP contribution is 2.47. The summed E-state index contributed by atoms with van der Waals surface area (Å²) in [6.45, 7) is 5.72. The summed E-state index contributed by atoms with van der Waals surface area (Å²) in [4.78, 5) is 14.5. The topological polar surface area (TPSA) is 56.4 Å². The van der Waals surface area contributed by atoms with Crippen molar-refractivity contribution in [2.24, 2.45) is 5.92 Å². The van der Waals surface area contributed by atoms with Gasteiger partial charge in [0.1, 0.15) is 6.17 Å². The molecular weight excluding hydrogens is 426 g/mol. The molecule has 0 radical (unpaired) electrons. The number of benzene rings is 1. The van der Waals surface area contributed by atoms with Gasteiger partial charge in [-0.1, -0.05) is 35.3 Å². The minimum absolute atomic E-state index is 0.0751. The molecule has 1 aliphatic heterocycles. The second kappa shape index (κ2) is 9.19. The molecule has 3 N–H and O–H groups in total. The second-order valence-electron chi connectivity index (χ2n) is 9.01. The molecule has 1 aromatic carbocycles. The first-order valence-corrected chi connectivity index (χ1v) is 11.8. The largest absolute Gasteiger partial charge is 0.335 e. The van der Waals surface area contributed by atoms with Crippen LogP contribution in [0, 0.1) is 5.92 Å². The van der Waals surface area contributed by atoms with Gasteiger partial charge in [-0.15, -0.1) is 0 Å². The molecule has 166 valence electrons. The smallest absolute Gasteiger partial charge is 0.315 e. The Kier molecular flexibility index (Phi) is 6.78. The van der Waals surface area contributed by atoms with Crippen molar-refractivity contribution in [1.82, 2.24) is 20.9 Å². The molecule has 4 unspecified atom stereocenters. The van der Waals surface area contributed by atoms with Gasteiger partial charge in [0.2, 0.25) is 0 Å². The van der Waals surface area contributed by atoms with Crippen molar-refractivity contribution < 1.29 is 9.18 Å². The fourth-order valence-corrected chi connectivity index (χ4v) is 5.58. The van der Waals surface area contributed by atoms with Crippen LogP contribution < -0.4 is 16.0 Å². The number of hydrogen-bond donors (Lipinski definition) is 3. The van der Waals surface area contributed by atoms with E-state index in [-0.39, 0.29) is 18.0 Å². The molecule has 30 heavy (non-hydrogen) atoms. The lowest BCUT2D eigenvalue weighted by Gasteiger charge is -2.51. The molecule has 1 heterocycles. The van der Waals surface area contributed by atoms with Crippen LogP contribution in [0.3, 0.4) is 0 Å². The van der Waals surface area contributed by atoms with Crippen LogP contribution in [0.1, 0.15) is 44.6 Å². The van der Waals surface area contributed by atoms with Gasteiger partial charge in [-0.05, 0) is 56.6 Å². The summed E-state index contributed by atoms with van der Waals surface area (Å²) in [6, 6.07) is 5.32. The van der Waals surface area contributed by atoms with Crippen LogP contribution in [-0.2, 0) is 5.54 Å². The van der Waals surface area contributed by atoms with Gasteiger partial charge in [0.15, 0.2) is 0 Å². The average molecular weight is 457 g/mol. The molecule has 3 fully saturated rings. The normalized spacial score (nSPS) is 29.8. The van der Waals surface area contributed by atoms with Crippen LogP contribution in [0.2, 0.25) is 10.0 Å². The van der Waals surface area contributed by atoms with Crippen molar-refractivity contribution in [3.8, 4) is 0 Å². The highest BCUT2D eigenvalue weighted by molar-refractivity contribution is 6.42. The van der Waals surface area contributed by atoms with Crippen LogP contribution in [0.25, 0.3) is 0 Å². The van der Waals surface area contributed by atoms with E-state index in [1.807, 2.05) is 12.1 Å². The Morgan fingerprint density at radius 2 is 1.90 bits per heavy atom. The van der Waals surface area contributed by atoms with E-state index in [1.54, 1.807) is 6.07 Å². The monoisotopic (exact) mass is 456 g/mol. The number of alkyl halides is 1. The van der Waals surface area contributed by atoms with Crippen molar-refractivity contribution in [3.05, 3.63) is 33.8 Å². The third kappa shape index (κ3) is 4.57. The van der Waals surface area contributed by atoms with Gasteiger partial charge in [0.05, 0.1) is 16.1 Å². The maximum atomic E-state index is 15.3. The Labute approximate surface area is 188 Å². The predicted octanol–water partition coefficient (Wildman–Crippen LogP) is 4.08. The predicted molar refractivity (Wildman–Crippen MR) is 119 cm³/mol. The molecule has 2 amide bonds. The summed E-state index contributed by atoms with van der Waals surface area (Å²) in [5.41, 5.74) is 0.545. The number of rotatable bonds is 5. The number of hydrogen-bond acceptors (Lipinski definition) is 3. The van der Waals surface area contributed by atoms with Crippen molar-refractivity contribution in [1.29, 1.82) is 0 Å².